The van der Waals surface area contributed by atoms with E-state index < -0.39 is 0 Å². The van der Waals surface area contributed by atoms with Crippen molar-refractivity contribution in [3.63, 3.8) is 0 Å². The normalized spacial score (nSPS) is 14.0. The summed E-state index contributed by atoms with van der Waals surface area (Å²) in [5.41, 5.74) is 4.10. The molecule has 7 heteroatoms. The van der Waals surface area contributed by atoms with Crippen LogP contribution in [0.15, 0.2) is 12.1 Å². The molecule has 1 aromatic carbocycles. The highest BCUT2D eigenvalue weighted by molar-refractivity contribution is 5.94. The third-order valence-electron chi connectivity index (χ3n) is 4.99. The number of nitrogens with zero attached hydrogens (tertiary/aromatic N) is 3. The van der Waals surface area contributed by atoms with Crippen molar-refractivity contribution in [2.45, 2.75) is 41.0 Å². The fourth-order valence-electron chi connectivity index (χ4n) is 3.74. The van der Waals surface area contributed by atoms with Crippen LogP contribution in [0.2, 0.25) is 0 Å². The van der Waals surface area contributed by atoms with Crippen LogP contribution in [0, 0.1) is 20.8 Å². The van der Waals surface area contributed by atoms with Crippen LogP contribution in [0.1, 0.15) is 37.0 Å². The quantitative estimate of drug-likeness (QED) is 0.776. The smallest absolute Gasteiger partial charge is 0.409 e. The Kier molecular flexibility index (Phi) is 7.43. The molecular weight excluding hydrogens is 358 g/mol. The molecule has 154 valence electrons. The summed E-state index contributed by atoms with van der Waals surface area (Å²) in [7, 11) is 0. The van der Waals surface area contributed by atoms with Crippen LogP contribution in [0.5, 0.6) is 0 Å². The molecule has 1 aliphatic rings. The molecule has 0 bridgehead atoms. The number of hydrogen-bond donors (Lipinski definition) is 0. The lowest BCUT2D eigenvalue weighted by molar-refractivity contribution is -0.132. The van der Waals surface area contributed by atoms with Gasteiger partial charge < -0.3 is 19.4 Å². The molecule has 0 atom stereocenters. The van der Waals surface area contributed by atoms with Crippen molar-refractivity contribution in [3.8, 4) is 0 Å². The summed E-state index contributed by atoms with van der Waals surface area (Å²) in [5, 5.41) is 0. The zero-order chi connectivity index (χ0) is 20.8. The van der Waals surface area contributed by atoms with Crippen LogP contribution in [-0.2, 0) is 14.3 Å². The Bertz CT molecular complexity index is 716. The fraction of sp³-hybridized carbons (Fsp3) is 0.571. The molecule has 28 heavy (non-hydrogen) atoms. The summed E-state index contributed by atoms with van der Waals surface area (Å²) < 4.78 is 5.00. The molecule has 0 unspecified atom stereocenters. The zero-order valence-electron chi connectivity index (χ0n) is 17.6. The first-order valence-electron chi connectivity index (χ1n) is 9.80. The van der Waals surface area contributed by atoms with E-state index in [0.29, 0.717) is 39.3 Å². The van der Waals surface area contributed by atoms with Gasteiger partial charge in [0.1, 0.15) is 0 Å². The number of piperazine rings is 1. The second kappa shape index (κ2) is 9.57. The number of aryl methyl sites for hydroxylation is 3. The minimum atomic E-state index is -0.331. The first kappa shape index (κ1) is 21.7. The number of carbonyl (C=O) groups excluding carboxylic acids is 3. The first-order valence-corrected chi connectivity index (χ1v) is 9.80. The minimum Gasteiger partial charge on any atom is -0.450 e. The monoisotopic (exact) mass is 389 g/mol. The molecule has 1 aromatic rings. The van der Waals surface area contributed by atoms with Gasteiger partial charge in [-0.2, -0.15) is 0 Å². The summed E-state index contributed by atoms with van der Waals surface area (Å²) in [6, 6.07) is 4.10. The van der Waals surface area contributed by atoms with Crippen molar-refractivity contribution < 1.29 is 19.1 Å². The van der Waals surface area contributed by atoms with E-state index in [1.54, 1.807) is 21.6 Å². The molecule has 0 aromatic heterocycles. The van der Waals surface area contributed by atoms with Gasteiger partial charge in [-0.1, -0.05) is 17.7 Å². The van der Waals surface area contributed by atoms with Gasteiger partial charge in [0.05, 0.1) is 6.61 Å². The van der Waals surface area contributed by atoms with E-state index in [2.05, 4.69) is 12.1 Å². The molecule has 1 heterocycles. The molecule has 0 aliphatic carbocycles. The Morgan fingerprint density at radius 1 is 1.00 bits per heavy atom. The predicted octanol–water partition coefficient (Wildman–Crippen LogP) is 2.66. The van der Waals surface area contributed by atoms with Gasteiger partial charge in [0.2, 0.25) is 11.8 Å². The van der Waals surface area contributed by atoms with Crippen LogP contribution in [0.25, 0.3) is 0 Å². The fourth-order valence-corrected chi connectivity index (χ4v) is 3.74. The van der Waals surface area contributed by atoms with Gasteiger partial charge >= 0.3 is 6.09 Å². The molecular formula is C21H31N3O4. The summed E-state index contributed by atoms with van der Waals surface area (Å²) in [6.07, 6.45) is -0.0752. The molecule has 1 aliphatic heterocycles. The van der Waals surface area contributed by atoms with E-state index in [4.69, 9.17) is 4.74 Å². The van der Waals surface area contributed by atoms with E-state index in [0.717, 1.165) is 22.4 Å². The number of anilines is 1. The Labute approximate surface area is 167 Å². The van der Waals surface area contributed by atoms with Crippen LogP contribution >= 0.6 is 0 Å². The molecule has 1 fully saturated rings. The standard InChI is InChI=1S/C21H31N3O4/c1-6-28-21(27)23-11-9-22(10-12-23)19(26)7-8-24(18(5)25)20-16(3)13-15(2)14-17(20)4/h13-14H,6-12H2,1-5H3. The maximum Gasteiger partial charge on any atom is 0.409 e. The Morgan fingerprint density at radius 2 is 1.54 bits per heavy atom. The van der Waals surface area contributed by atoms with E-state index in [1.807, 2.05) is 20.8 Å². The summed E-state index contributed by atoms with van der Waals surface area (Å²) in [5.74, 6) is -0.0767. The number of ether oxygens (including phenoxy) is 1. The number of rotatable bonds is 5. The molecule has 0 saturated carbocycles. The van der Waals surface area contributed by atoms with Gasteiger partial charge in [0.15, 0.2) is 0 Å². The molecule has 3 amide bonds. The molecule has 0 N–H and O–H groups in total. The number of carbonyl (C=O) groups is 3. The predicted molar refractivity (Wildman–Crippen MR) is 108 cm³/mol. The van der Waals surface area contributed by atoms with Gasteiger partial charge in [0, 0.05) is 51.8 Å². The largest absolute Gasteiger partial charge is 0.450 e. The SMILES string of the molecule is CCOC(=O)N1CCN(C(=O)CCN(C(C)=O)c2c(C)cc(C)cc2C)CC1. The van der Waals surface area contributed by atoms with Gasteiger partial charge in [-0.3, -0.25) is 9.59 Å². The van der Waals surface area contributed by atoms with Crippen LogP contribution in [0.3, 0.4) is 0 Å². The van der Waals surface area contributed by atoms with Gasteiger partial charge in [-0.15, -0.1) is 0 Å². The molecule has 0 radical (unpaired) electrons. The Morgan fingerprint density at radius 3 is 2.04 bits per heavy atom. The Hall–Kier alpha value is -2.57. The number of benzene rings is 1. The van der Waals surface area contributed by atoms with Crippen molar-refractivity contribution >= 4 is 23.6 Å². The van der Waals surface area contributed by atoms with Crippen molar-refractivity contribution in [2.75, 3.05) is 44.2 Å². The van der Waals surface area contributed by atoms with Gasteiger partial charge in [0.25, 0.3) is 0 Å². The van der Waals surface area contributed by atoms with Crippen molar-refractivity contribution in [3.05, 3.63) is 28.8 Å². The lowest BCUT2D eigenvalue weighted by Crippen LogP contribution is -2.51. The van der Waals surface area contributed by atoms with Crippen molar-refractivity contribution in [2.24, 2.45) is 0 Å². The van der Waals surface area contributed by atoms with Crippen LogP contribution in [0.4, 0.5) is 10.5 Å². The molecule has 0 spiro atoms. The third-order valence-corrected chi connectivity index (χ3v) is 4.99. The van der Waals surface area contributed by atoms with E-state index in [-0.39, 0.29) is 24.3 Å². The van der Waals surface area contributed by atoms with E-state index in [9.17, 15) is 14.4 Å². The van der Waals surface area contributed by atoms with Crippen molar-refractivity contribution in [1.29, 1.82) is 0 Å². The summed E-state index contributed by atoms with van der Waals surface area (Å²) in [6.45, 7) is 11.9. The second-order valence-electron chi connectivity index (χ2n) is 7.23. The highest BCUT2D eigenvalue weighted by Crippen LogP contribution is 2.27. The second-order valence-corrected chi connectivity index (χ2v) is 7.23. The maximum atomic E-state index is 12.6. The van der Waals surface area contributed by atoms with E-state index >= 15 is 0 Å². The van der Waals surface area contributed by atoms with Gasteiger partial charge in [-0.25, -0.2) is 4.79 Å². The molecule has 7 nitrogen and oxygen atoms in total. The van der Waals surface area contributed by atoms with Crippen LogP contribution < -0.4 is 4.90 Å². The highest BCUT2D eigenvalue weighted by Gasteiger charge is 2.26. The highest BCUT2D eigenvalue weighted by atomic mass is 16.6. The average molecular weight is 389 g/mol. The topological polar surface area (TPSA) is 70.2 Å². The Balaban J connectivity index is 1.97. The number of hydrogen-bond acceptors (Lipinski definition) is 4. The molecule has 1 saturated heterocycles. The van der Waals surface area contributed by atoms with Gasteiger partial charge in [-0.05, 0) is 38.8 Å². The van der Waals surface area contributed by atoms with E-state index in [1.165, 1.54) is 6.92 Å². The third kappa shape index (κ3) is 5.24. The summed E-state index contributed by atoms with van der Waals surface area (Å²) in [4.78, 5) is 41.7. The lowest BCUT2D eigenvalue weighted by atomic mass is 10.0. The molecule has 2 rings (SSSR count). The minimum absolute atomic E-state index is 0.00261. The zero-order valence-corrected chi connectivity index (χ0v) is 17.6. The number of amides is 3. The van der Waals surface area contributed by atoms with Crippen LogP contribution in [-0.4, -0.2) is 67.0 Å². The lowest BCUT2D eigenvalue weighted by Gasteiger charge is -2.34. The van der Waals surface area contributed by atoms with Crippen molar-refractivity contribution in [1.82, 2.24) is 9.80 Å². The average Bonchev–Trinajstić information content (AvgIpc) is 2.63. The summed E-state index contributed by atoms with van der Waals surface area (Å²) >= 11 is 0. The maximum absolute atomic E-state index is 12.6. The first-order chi connectivity index (χ1) is 13.2.